The summed E-state index contributed by atoms with van der Waals surface area (Å²) in [4.78, 5) is 0. The van der Waals surface area contributed by atoms with Crippen LogP contribution in [0.4, 0.5) is 0 Å². The second kappa shape index (κ2) is 4.44. The normalized spacial score (nSPS) is 30.4. The predicted molar refractivity (Wildman–Crippen MR) is 68.0 cm³/mol. The van der Waals surface area contributed by atoms with E-state index in [2.05, 4.69) is 6.07 Å². The van der Waals surface area contributed by atoms with E-state index in [-0.39, 0.29) is 0 Å². The average Bonchev–Trinajstić information content (AvgIpc) is 2.82. The van der Waals surface area contributed by atoms with Crippen LogP contribution in [0.3, 0.4) is 0 Å². The molecule has 98 valence electrons. The van der Waals surface area contributed by atoms with Crippen LogP contribution in [-0.2, 0) is 0 Å². The van der Waals surface area contributed by atoms with Gasteiger partial charge in [-0.15, -0.1) is 0 Å². The van der Waals surface area contributed by atoms with Crippen LogP contribution < -0.4 is 15.2 Å². The number of fused-ring (bicyclic) bond motifs is 1. The van der Waals surface area contributed by atoms with Crippen molar-refractivity contribution in [2.45, 2.75) is 30.8 Å². The minimum absolute atomic E-state index is 0.341. The van der Waals surface area contributed by atoms with Gasteiger partial charge in [-0.05, 0) is 42.9 Å². The number of hydrogen-bond acceptors (Lipinski definition) is 4. The van der Waals surface area contributed by atoms with E-state index in [0.29, 0.717) is 25.7 Å². The van der Waals surface area contributed by atoms with Crippen molar-refractivity contribution in [3.8, 4) is 11.5 Å². The second-order valence-corrected chi connectivity index (χ2v) is 5.27. The maximum Gasteiger partial charge on any atom is 0.161 e. The van der Waals surface area contributed by atoms with Gasteiger partial charge in [-0.3, -0.25) is 0 Å². The number of hydrogen-bond donors (Lipinski definition) is 2. The smallest absolute Gasteiger partial charge is 0.161 e. The zero-order valence-corrected chi connectivity index (χ0v) is 10.4. The van der Waals surface area contributed by atoms with Gasteiger partial charge >= 0.3 is 0 Å². The molecule has 1 aromatic carbocycles. The van der Waals surface area contributed by atoms with Gasteiger partial charge in [-0.1, -0.05) is 6.07 Å². The van der Waals surface area contributed by atoms with E-state index >= 15 is 0 Å². The van der Waals surface area contributed by atoms with Crippen molar-refractivity contribution in [2.24, 2.45) is 5.73 Å². The first-order chi connectivity index (χ1) is 8.70. The Bertz CT molecular complexity index is 449. The Balaban J connectivity index is 1.81. The fraction of sp³-hybridized carbons (Fsp3) is 0.571. The fourth-order valence-electron chi connectivity index (χ4n) is 2.89. The summed E-state index contributed by atoms with van der Waals surface area (Å²) in [7, 11) is 0. The first-order valence-corrected chi connectivity index (χ1v) is 6.52. The molecule has 4 heteroatoms. The standard InChI is InChI=1S/C14H19NO3/c15-9-14(16)4-3-11(8-14)10-1-2-12-13(7-10)18-6-5-17-12/h1-2,7,11,16H,3-6,8-9,15H2. The van der Waals surface area contributed by atoms with Gasteiger partial charge in [0.25, 0.3) is 0 Å². The van der Waals surface area contributed by atoms with Crippen molar-refractivity contribution in [1.82, 2.24) is 0 Å². The van der Waals surface area contributed by atoms with E-state index in [1.807, 2.05) is 12.1 Å². The van der Waals surface area contributed by atoms with Crippen LogP contribution in [0.2, 0.25) is 0 Å². The lowest BCUT2D eigenvalue weighted by Crippen LogP contribution is -2.34. The molecule has 0 bridgehead atoms. The third kappa shape index (κ3) is 2.06. The van der Waals surface area contributed by atoms with Crippen molar-refractivity contribution in [3.05, 3.63) is 23.8 Å². The molecule has 18 heavy (non-hydrogen) atoms. The van der Waals surface area contributed by atoms with Crippen LogP contribution in [0, 0.1) is 0 Å². The minimum Gasteiger partial charge on any atom is -0.486 e. The molecule has 1 aliphatic carbocycles. The Morgan fingerprint density at radius 2 is 2.06 bits per heavy atom. The summed E-state index contributed by atoms with van der Waals surface area (Å²) in [6.45, 7) is 1.56. The summed E-state index contributed by atoms with van der Waals surface area (Å²) in [5, 5.41) is 10.2. The third-order valence-corrected chi connectivity index (χ3v) is 4.00. The van der Waals surface area contributed by atoms with Gasteiger partial charge in [-0.25, -0.2) is 0 Å². The van der Waals surface area contributed by atoms with Crippen LogP contribution in [0.25, 0.3) is 0 Å². The molecule has 0 radical (unpaired) electrons. The molecular weight excluding hydrogens is 230 g/mol. The van der Waals surface area contributed by atoms with Crippen LogP contribution in [0.5, 0.6) is 11.5 Å². The van der Waals surface area contributed by atoms with Gasteiger partial charge in [-0.2, -0.15) is 0 Å². The molecular formula is C14H19NO3. The van der Waals surface area contributed by atoms with E-state index in [1.54, 1.807) is 0 Å². The first kappa shape index (κ1) is 11.8. The molecule has 0 saturated heterocycles. The van der Waals surface area contributed by atoms with E-state index < -0.39 is 5.60 Å². The molecule has 3 N–H and O–H groups in total. The summed E-state index contributed by atoms with van der Waals surface area (Å²) in [6, 6.07) is 6.07. The average molecular weight is 249 g/mol. The van der Waals surface area contributed by atoms with Gasteiger partial charge in [0, 0.05) is 6.54 Å². The lowest BCUT2D eigenvalue weighted by atomic mass is 9.94. The molecule has 0 spiro atoms. The lowest BCUT2D eigenvalue weighted by molar-refractivity contribution is 0.0554. The van der Waals surface area contributed by atoms with Crippen molar-refractivity contribution in [1.29, 1.82) is 0 Å². The zero-order chi connectivity index (χ0) is 12.6. The Morgan fingerprint density at radius 1 is 1.28 bits per heavy atom. The topological polar surface area (TPSA) is 64.7 Å². The Morgan fingerprint density at radius 3 is 2.78 bits per heavy atom. The van der Waals surface area contributed by atoms with Crippen LogP contribution in [0.15, 0.2) is 18.2 Å². The highest BCUT2D eigenvalue weighted by Gasteiger charge is 2.36. The molecule has 2 unspecified atom stereocenters. The summed E-state index contributed by atoms with van der Waals surface area (Å²) < 4.78 is 11.1. The molecule has 1 aromatic rings. The SMILES string of the molecule is NCC1(O)CCC(c2ccc3c(c2)OCCO3)C1. The van der Waals surface area contributed by atoms with E-state index in [1.165, 1.54) is 5.56 Å². The lowest BCUT2D eigenvalue weighted by Gasteiger charge is -2.22. The molecule has 4 nitrogen and oxygen atoms in total. The second-order valence-electron chi connectivity index (χ2n) is 5.27. The highest BCUT2D eigenvalue weighted by Crippen LogP contribution is 2.43. The number of rotatable bonds is 2. The molecule has 2 aliphatic rings. The highest BCUT2D eigenvalue weighted by molar-refractivity contribution is 5.45. The Labute approximate surface area is 107 Å². The third-order valence-electron chi connectivity index (χ3n) is 4.00. The molecule has 3 rings (SSSR count). The zero-order valence-electron chi connectivity index (χ0n) is 10.4. The summed E-state index contributed by atoms with van der Waals surface area (Å²) in [5.41, 5.74) is 6.15. The maximum atomic E-state index is 10.2. The largest absolute Gasteiger partial charge is 0.486 e. The Hall–Kier alpha value is -1.26. The van der Waals surface area contributed by atoms with Gasteiger partial charge in [0.2, 0.25) is 0 Å². The van der Waals surface area contributed by atoms with E-state index in [9.17, 15) is 5.11 Å². The van der Waals surface area contributed by atoms with E-state index in [4.69, 9.17) is 15.2 Å². The minimum atomic E-state index is -0.683. The number of benzene rings is 1. The van der Waals surface area contributed by atoms with Crippen molar-refractivity contribution >= 4 is 0 Å². The molecule has 0 amide bonds. The maximum absolute atomic E-state index is 10.2. The Kier molecular flexibility index (Phi) is 2.92. The molecule has 1 fully saturated rings. The number of aliphatic hydroxyl groups is 1. The first-order valence-electron chi connectivity index (χ1n) is 6.52. The van der Waals surface area contributed by atoms with Gasteiger partial charge < -0.3 is 20.3 Å². The number of ether oxygens (including phenoxy) is 2. The monoisotopic (exact) mass is 249 g/mol. The van der Waals surface area contributed by atoms with Crippen LogP contribution >= 0.6 is 0 Å². The number of nitrogens with two attached hydrogens (primary N) is 1. The summed E-state index contributed by atoms with van der Waals surface area (Å²) >= 11 is 0. The highest BCUT2D eigenvalue weighted by atomic mass is 16.6. The summed E-state index contributed by atoms with van der Waals surface area (Å²) in [5.74, 6) is 2.01. The molecule has 1 aliphatic heterocycles. The van der Waals surface area contributed by atoms with Gasteiger partial charge in [0.15, 0.2) is 11.5 Å². The fourth-order valence-corrected chi connectivity index (χ4v) is 2.89. The molecule has 0 aromatic heterocycles. The van der Waals surface area contributed by atoms with Gasteiger partial charge in [0.1, 0.15) is 13.2 Å². The quantitative estimate of drug-likeness (QED) is 0.832. The van der Waals surface area contributed by atoms with Crippen LogP contribution in [0.1, 0.15) is 30.7 Å². The van der Waals surface area contributed by atoms with Crippen molar-refractivity contribution in [3.63, 3.8) is 0 Å². The van der Waals surface area contributed by atoms with E-state index in [0.717, 1.165) is 30.8 Å². The van der Waals surface area contributed by atoms with Crippen molar-refractivity contribution in [2.75, 3.05) is 19.8 Å². The predicted octanol–water partition coefficient (Wildman–Crippen LogP) is 1.42. The molecule has 2 atom stereocenters. The summed E-state index contributed by atoms with van der Waals surface area (Å²) in [6.07, 6.45) is 2.50. The molecule has 1 heterocycles. The molecule has 1 saturated carbocycles. The van der Waals surface area contributed by atoms with Crippen molar-refractivity contribution < 1.29 is 14.6 Å². The van der Waals surface area contributed by atoms with Gasteiger partial charge in [0.05, 0.1) is 5.60 Å². The van der Waals surface area contributed by atoms with Crippen LogP contribution in [-0.4, -0.2) is 30.5 Å².